The highest BCUT2D eigenvalue weighted by Gasteiger charge is 2.35. The highest BCUT2D eigenvalue weighted by Crippen LogP contribution is 2.28. The van der Waals surface area contributed by atoms with Crippen LogP contribution in [0.1, 0.15) is 44.2 Å². The van der Waals surface area contributed by atoms with E-state index in [2.05, 4.69) is 11.4 Å². The van der Waals surface area contributed by atoms with Gasteiger partial charge in [0.25, 0.3) is 5.91 Å². The van der Waals surface area contributed by atoms with Gasteiger partial charge in [0.15, 0.2) is 6.54 Å². The number of benzene rings is 1. The van der Waals surface area contributed by atoms with E-state index in [9.17, 15) is 10.1 Å². The van der Waals surface area contributed by atoms with E-state index in [4.69, 9.17) is 11.6 Å². The molecule has 0 unspecified atom stereocenters. The van der Waals surface area contributed by atoms with Crippen LogP contribution < -0.4 is 10.6 Å². The Bertz CT molecular complexity index is 547. The summed E-state index contributed by atoms with van der Waals surface area (Å²) < 4.78 is 0. The van der Waals surface area contributed by atoms with Gasteiger partial charge in [-0.1, -0.05) is 29.8 Å². The lowest BCUT2D eigenvalue weighted by molar-refractivity contribution is -0.682. The quantitative estimate of drug-likeness (QED) is 0.872. The Morgan fingerprint density at radius 1 is 1.48 bits per heavy atom. The number of hydrogen-bond donors (Lipinski definition) is 2. The van der Waals surface area contributed by atoms with Crippen LogP contribution in [0.3, 0.4) is 0 Å². The maximum Gasteiger partial charge on any atom is 0.276 e. The normalized spacial score (nSPS) is 18.0. The van der Waals surface area contributed by atoms with Crippen molar-refractivity contribution in [2.24, 2.45) is 0 Å². The molecule has 0 radical (unpaired) electrons. The van der Waals surface area contributed by atoms with E-state index in [1.54, 1.807) is 0 Å². The molecule has 1 aliphatic carbocycles. The molecule has 21 heavy (non-hydrogen) atoms. The molecular weight excluding hydrogens is 286 g/mol. The molecule has 4 nitrogen and oxygen atoms in total. The second kappa shape index (κ2) is 6.93. The predicted molar refractivity (Wildman–Crippen MR) is 81.6 cm³/mol. The van der Waals surface area contributed by atoms with Gasteiger partial charge in [0.1, 0.15) is 11.6 Å². The predicted octanol–water partition coefficient (Wildman–Crippen LogP) is 1.92. The molecule has 1 aromatic carbocycles. The molecule has 0 aliphatic heterocycles. The van der Waals surface area contributed by atoms with E-state index in [1.807, 2.05) is 36.5 Å². The Morgan fingerprint density at radius 3 is 2.76 bits per heavy atom. The van der Waals surface area contributed by atoms with Crippen LogP contribution in [0.5, 0.6) is 0 Å². The number of carbonyl (C=O) groups excluding carboxylic acids is 1. The van der Waals surface area contributed by atoms with Crippen molar-refractivity contribution < 1.29 is 10.1 Å². The average Bonchev–Trinajstić information content (AvgIpc) is 2.94. The summed E-state index contributed by atoms with van der Waals surface area (Å²) >= 11 is 6.15. The second-order valence-corrected chi connectivity index (χ2v) is 6.11. The first kappa shape index (κ1) is 15.8. The Hall–Kier alpha value is -1.57. The third-order valence-corrected chi connectivity index (χ3v) is 4.45. The topological polar surface area (TPSA) is 69.5 Å². The average molecular weight is 307 g/mol. The molecule has 0 aromatic heterocycles. The molecule has 1 amide bonds. The Morgan fingerprint density at radius 2 is 2.14 bits per heavy atom. The van der Waals surface area contributed by atoms with Crippen molar-refractivity contribution in [1.29, 1.82) is 5.26 Å². The first-order valence-electron chi connectivity index (χ1n) is 7.36. The van der Waals surface area contributed by atoms with Crippen LogP contribution in [-0.4, -0.2) is 18.0 Å². The molecule has 1 saturated carbocycles. The Balaban J connectivity index is 1.87. The third-order valence-electron chi connectivity index (χ3n) is 4.10. The van der Waals surface area contributed by atoms with Crippen molar-refractivity contribution in [2.75, 3.05) is 6.54 Å². The van der Waals surface area contributed by atoms with Crippen LogP contribution >= 0.6 is 11.6 Å². The molecular formula is C16H21ClN3O+. The van der Waals surface area contributed by atoms with Crippen molar-refractivity contribution in [3.63, 3.8) is 0 Å². The fourth-order valence-electron chi connectivity index (χ4n) is 2.82. The number of carbonyl (C=O) groups is 1. The number of amides is 1. The number of rotatable bonds is 5. The van der Waals surface area contributed by atoms with Crippen LogP contribution in [0.15, 0.2) is 24.3 Å². The monoisotopic (exact) mass is 306 g/mol. The van der Waals surface area contributed by atoms with E-state index in [1.165, 1.54) is 0 Å². The lowest BCUT2D eigenvalue weighted by Crippen LogP contribution is -2.87. The van der Waals surface area contributed by atoms with Crippen LogP contribution in [0.2, 0.25) is 5.02 Å². The summed E-state index contributed by atoms with van der Waals surface area (Å²) in [5.74, 6) is -0.0858. The van der Waals surface area contributed by atoms with E-state index in [-0.39, 0.29) is 11.9 Å². The molecule has 0 spiro atoms. The van der Waals surface area contributed by atoms with Crippen molar-refractivity contribution in [2.45, 2.75) is 44.2 Å². The SMILES string of the molecule is C[C@H]([NH2+]CC(=O)NC1(C#N)CCCC1)c1ccccc1Cl. The summed E-state index contributed by atoms with van der Waals surface area (Å²) in [5, 5.41) is 14.8. The van der Waals surface area contributed by atoms with Crippen molar-refractivity contribution in [3.05, 3.63) is 34.9 Å². The number of quaternary nitrogens is 1. The molecule has 0 bridgehead atoms. The van der Waals surface area contributed by atoms with E-state index >= 15 is 0 Å². The highest BCUT2D eigenvalue weighted by molar-refractivity contribution is 6.31. The number of halogens is 1. The van der Waals surface area contributed by atoms with Crippen LogP contribution in [-0.2, 0) is 4.79 Å². The lowest BCUT2D eigenvalue weighted by Gasteiger charge is -2.22. The van der Waals surface area contributed by atoms with Gasteiger partial charge in [-0.2, -0.15) is 5.26 Å². The van der Waals surface area contributed by atoms with Gasteiger partial charge in [0.2, 0.25) is 0 Å². The van der Waals surface area contributed by atoms with E-state index < -0.39 is 5.54 Å². The van der Waals surface area contributed by atoms with Gasteiger partial charge in [-0.25, -0.2) is 0 Å². The van der Waals surface area contributed by atoms with Gasteiger partial charge in [-0.3, -0.25) is 4.79 Å². The van der Waals surface area contributed by atoms with Gasteiger partial charge in [0, 0.05) is 10.6 Å². The Kier molecular flexibility index (Phi) is 5.22. The lowest BCUT2D eigenvalue weighted by atomic mass is 10.00. The van der Waals surface area contributed by atoms with Crippen LogP contribution in [0, 0.1) is 11.3 Å². The second-order valence-electron chi connectivity index (χ2n) is 5.70. The minimum absolute atomic E-state index is 0.0858. The summed E-state index contributed by atoms with van der Waals surface area (Å²) in [7, 11) is 0. The molecule has 1 fully saturated rings. The minimum Gasteiger partial charge on any atom is -0.333 e. The first-order valence-corrected chi connectivity index (χ1v) is 7.74. The van der Waals surface area contributed by atoms with Crippen LogP contribution in [0.4, 0.5) is 0 Å². The molecule has 112 valence electrons. The maximum absolute atomic E-state index is 12.1. The fourth-order valence-corrected chi connectivity index (χ4v) is 3.12. The molecule has 3 N–H and O–H groups in total. The summed E-state index contributed by atoms with van der Waals surface area (Å²) in [5.41, 5.74) is 0.376. The third kappa shape index (κ3) is 3.96. The first-order chi connectivity index (χ1) is 10.1. The van der Waals surface area contributed by atoms with E-state index in [0.717, 1.165) is 31.2 Å². The minimum atomic E-state index is -0.640. The number of nitriles is 1. The van der Waals surface area contributed by atoms with Gasteiger partial charge >= 0.3 is 0 Å². The molecule has 5 heteroatoms. The van der Waals surface area contributed by atoms with Gasteiger partial charge < -0.3 is 10.6 Å². The summed E-state index contributed by atoms with van der Waals surface area (Å²) in [4.78, 5) is 12.1. The molecule has 1 aliphatic rings. The molecule has 1 atom stereocenters. The smallest absolute Gasteiger partial charge is 0.276 e. The van der Waals surface area contributed by atoms with Crippen molar-refractivity contribution in [3.8, 4) is 6.07 Å². The summed E-state index contributed by atoms with van der Waals surface area (Å²) in [6.45, 7) is 2.32. The molecule has 0 heterocycles. The Labute approximate surface area is 130 Å². The summed E-state index contributed by atoms with van der Waals surface area (Å²) in [6.07, 6.45) is 3.53. The van der Waals surface area contributed by atoms with Gasteiger partial charge in [-0.05, 0) is 38.7 Å². The van der Waals surface area contributed by atoms with Crippen molar-refractivity contribution >= 4 is 17.5 Å². The van der Waals surface area contributed by atoms with Gasteiger partial charge in [-0.15, -0.1) is 0 Å². The van der Waals surface area contributed by atoms with Crippen LogP contribution in [0.25, 0.3) is 0 Å². The number of hydrogen-bond acceptors (Lipinski definition) is 2. The zero-order valence-electron chi connectivity index (χ0n) is 12.2. The fraction of sp³-hybridized carbons (Fsp3) is 0.500. The zero-order chi connectivity index (χ0) is 15.3. The van der Waals surface area contributed by atoms with E-state index in [0.29, 0.717) is 11.6 Å². The largest absolute Gasteiger partial charge is 0.333 e. The summed E-state index contributed by atoms with van der Waals surface area (Å²) in [6, 6.07) is 10.0. The highest BCUT2D eigenvalue weighted by atomic mass is 35.5. The van der Waals surface area contributed by atoms with Crippen molar-refractivity contribution in [1.82, 2.24) is 5.32 Å². The molecule has 0 saturated heterocycles. The molecule has 2 rings (SSSR count). The number of nitrogens with one attached hydrogen (secondary N) is 1. The standard InChI is InChI=1S/C16H20ClN3O/c1-12(13-6-2-3-7-14(13)17)19-10-15(21)20-16(11-18)8-4-5-9-16/h2-3,6-7,12,19H,4-5,8-10H2,1H3,(H,20,21)/p+1/t12-/m0/s1. The maximum atomic E-state index is 12.1. The van der Waals surface area contributed by atoms with Gasteiger partial charge in [0.05, 0.1) is 6.07 Å². The number of nitrogens with zero attached hydrogens (tertiary/aromatic N) is 1. The number of nitrogens with two attached hydrogens (primary N) is 1. The molecule has 1 aromatic rings. The zero-order valence-corrected chi connectivity index (χ0v) is 13.0.